The maximum absolute atomic E-state index is 4.34. The number of nitrogens with zero attached hydrogens (tertiary/aromatic N) is 3. The second-order valence-electron chi connectivity index (χ2n) is 7.67. The van der Waals surface area contributed by atoms with Gasteiger partial charge in [0.25, 0.3) is 0 Å². The minimum Gasteiger partial charge on any atom is -0.252 e. The summed E-state index contributed by atoms with van der Waals surface area (Å²) >= 11 is 0. The quantitative estimate of drug-likeness (QED) is 0.264. The molecule has 0 aromatic carbocycles. The van der Waals surface area contributed by atoms with Gasteiger partial charge in [-0.1, -0.05) is 109 Å². The maximum atomic E-state index is 4.34. The van der Waals surface area contributed by atoms with E-state index in [1.165, 1.54) is 108 Å². The van der Waals surface area contributed by atoms with E-state index in [0.29, 0.717) is 0 Å². The SMILES string of the molecule is CCCCCCCCCCCc1cn(CCCCCCCCC)nn1. The molecule has 3 nitrogen and oxygen atoms in total. The molecule has 1 aromatic rings. The molecule has 0 saturated carbocycles. The van der Waals surface area contributed by atoms with Crippen molar-refractivity contribution in [3.05, 3.63) is 11.9 Å². The topological polar surface area (TPSA) is 30.7 Å². The van der Waals surface area contributed by atoms with E-state index in [9.17, 15) is 0 Å². The number of hydrogen-bond donors (Lipinski definition) is 0. The van der Waals surface area contributed by atoms with E-state index in [0.717, 1.165) is 13.0 Å². The Bertz CT molecular complexity index is 386. The molecule has 0 N–H and O–H groups in total. The number of aromatic nitrogens is 3. The lowest BCUT2D eigenvalue weighted by molar-refractivity contribution is 0.513. The largest absolute Gasteiger partial charge is 0.252 e. The second-order valence-corrected chi connectivity index (χ2v) is 7.67. The Morgan fingerprint density at radius 2 is 1.12 bits per heavy atom. The molecular weight excluding hydrogens is 306 g/mol. The van der Waals surface area contributed by atoms with E-state index in [1.54, 1.807) is 0 Å². The third-order valence-electron chi connectivity index (χ3n) is 5.11. The highest BCUT2D eigenvalue weighted by Crippen LogP contribution is 2.11. The van der Waals surface area contributed by atoms with Crippen molar-refractivity contribution < 1.29 is 0 Å². The van der Waals surface area contributed by atoms with Crippen LogP contribution in [0.15, 0.2) is 6.20 Å². The van der Waals surface area contributed by atoms with Crippen LogP contribution in [0.25, 0.3) is 0 Å². The predicted octanol–water partition coefficient (Wildman–Crippen LogP) is 7.10. The molecule has 1 heterocycles. The minimum absolute atomic E-state index is 1.04. The monoisotopic (exact) mass is 349 g/mol. The summed E-state index contributed by atoms with van der Waals surface area (Å²) in [7, 11) is 0. The van der Waals surface area contributed by atoms with E-state index in [2.05, 4.69) is 35.0 Å². The maximum Gasteiger partial charge on any atom is 0.0827 e. The summed E-state index contributed by atoms with van der Waals surface area (Å²) in [6, 6.07) is 0. The van der Waals surface area contributed by atoms with Crippen molar-refractivity contribution >= 4 is 0 Å². The molecule has 1 aromatic heterocycles. The lowest BCUT2D eigenvalue weighted by atomic mass is 10.1. The molecule has 0 fully saturated rings. The van der Waals surface area contributed by atoms with Crippen molar-refractivity contribution in [1.29, 1.82) is 0 Å². The molecule has 0 aliphatic rings. The van der Waals surface area contributed by atoms with Crippen LogP contribution in [0.5, 0.6) is 0 Å². The molecule has 0 bridgehead atoms. The fourth-order valence-electron chi connectivity index (χ4n) is 3.41. The van der Waals surface area contributed by atoms with Gasteiger partial charge in [0, 0.05) is 12.7 Å². The smallest absolute Gasteiger partial charge is 0.0827 e. The average molecular weight is 350 g/mol. The Kier molecular flexibility index (Phi) is 14.7. The van der Waals surface area contributed by atoms with Gasteiger partial charge in [-0.25, -0.2) is 0 Å². The van der Waals surface area contributed by atoms with Crippen molar-refractivity contribution in [1.82, 2.24) is 15.0 Å². The first-order valence-corrected chi connectivity index (χ1v) is 11.3. The van der Waals surface area contributed by atoms with Gasteiger partial charge < -0.3 is 0 Å². The molecule has 0 saturated heterocycles. The lowest BCUT2D eigenvalue weighted by Crippen LogP contribution is -1.98. The molecule has 0 radical (unpaired) electrons. The molecule has 146 valence electrons. The summed E-state index contributed by atoms with van der Waals surface area (Å²) in [6.07, 6.45) is 25.2. The second kappa shape index (κ2) is 16.6. The average Bonchev–Trinajstić information content (AvgIpc) is 3.07. The van der Waals surface area contributed by atoms with Crippen LogP contribution in [0.2, 0.25) is 0 Å². The van der Waals surface area contributed by atoms with Gasteiger partial charge in [0.15, 0.2) is 0 Å². The van der Waals surface area contributed by atoms with Gasteiger partial charge in [-0.3, -0.25) is 4.68 Å². The zero-order valence-corrected chi connectivity index (χ0v) is 17.1. The molecule has 0 amide bonds. The Balaban J connectivity index is 1.93. The van der Waals surface area contributed by atoms with Gasteiger partial charge in [-0.15, -0.1) is 5.10 Å². The highest BCUT2D eigenvalue weighted by atomic mass is 15.4. The van der Waals surface area contributed by atoms with Gasteiger partial charge in [-0.05, 0) is 19.3 Å². The van der Waals surface area contributed by atoms with Crippen molar-refractivity contribution in [3.63, 3.8) is 0 Å². The van der Waals surface area contributed by atoms with Gasteiger partial charge in [0.1, 0.15) is 0 Å². The summed E-state index contributed by atoms with van der Waals surface area (Å²) in [4.78, 5) is 0. The third kappa shape index (κ3) is 13.1. The van der Waals surface area contributed by atoms with Crippen LogP contribution < -0.4 is 0 Å². The van der Waals surface area contributed by atoms with Gasteiger partial charge in [0.05, 0.1) is 5.69 Å². The van der Waals surface area contributed by atoms with Crippen LogP contribution in [0.4, 0.5) is 0 Å². The molecule has 1 rings (SSSR count). The van der Waals surface area contributed by atoms with Gasteiger partial charge >= 0.3 is 0 Å². The Hall–Kier alpha value is -0.860. The number of rotatable bonds is 18. The molecule has 0 aliphatic carbocycles. The van der Waals surface area contributed by atoms with Crippen LogP contribution in [0, 0.1) is 0 Å². The number of hydrogen-bond acceptors (Lipinski definition) is 2. The lowest BCUT2D eigenvalue weighted by Gasteiger charge is -2.01. The minimum atomic E-state index is 1.04. The van der Waals surface area contributed by atoms with Crippen LogP contribution in [-0.2, 0) is 13.0 Å². The van der Waals surface area contributed by atoms with E-state index in [1.807, 2.05) is 0 Å². The van der Waals surface area contributed by atoms with E-state index in [4.69, 9.17) is 0 Å². The summed E-state index contributed by atoms with van der Waals surface area (Å²) in [5.41, 5.74) is 1.19. The zero-order chi connectivity index (χ0) is 18.0. The highest BCUT2D eigenvalue weighted by molar-refractivity contribution is 4.92. The van der Waals surface area contributed by atoms with Crippen LogP contribution in [0.1, 0.15) is 122 Å². The third-order valence-corrected chi connectivity index (χ3v) is 5.11. The fraction of sp³-hybridized carbons (Fsp3) is 0.909. The van der Waals surface area contributed by atoms with E-state index >= 15 is 0 Å². The van der Waals surface area contributed by atoms with E-state index in [-0.39, 0.29) is 0 Å². The molecule has 0 atom stereocenters. The predicted molar refractivity (Wildman–Crippen MR) is 109 cm³/mol. The van der Waals surface area contributed by atoms with Crippen molar-refractivity contribution in [2.24, 2.45) is 0 Å². The van der Waals surface area contributed by atoms with E-state index < -0.39 is 0 Å². The van der Waals surface area contributed by atoms with Crippen LogP contribution in [-0.4, -0.2) is 15.0 Å². The summed E-state index contributed by atoms with van der Waals surface area (Å²) in [5.74, 6) is 0. The van der Waals surface area contributed by atoms with Crippen LogP contribution >= 0.6 is 0 Å². The fourth-order valence-corrected chi connectivity index (χ4v) is 3.41. The van der Waals surface area contributed by atoms with Crippen molar-refractivity contribution in [3.8, 4) is 0 Å². The Labute approximate surface area is 157 Å². The molecule has 0 spiro atoms. The normalized spacial score (nSPS) is 11.3. The van der Waals surface area contributed by atoms with Crippen molar-refractivity contribution in [2.45, 2.75) is 130 Å². The first-order valence-electron chi connectivity index (χ1n) is 11.3. The molecule has 0 aliphatic heterocycles. The molecule has 3 heteroatoms. The molecule has 25 heavy (non-hydrogen) atoms. The summed E-state index contributed by atoms with van der Waals surface area (Å²) in [5, 5.41) is 8.62. The first kappa shape index (κ1) is 22.2. The standard InChI is InChI=1S/C22H43N3/c1-3-5-7-9-11-12-13-15-17-19-22-21-25(24-23-22)20-18-16-14-10-8-6-4-2/h21H,3-20H2,1-2H3. The summed E-state index contributed by atoms with van der Waals surface area (Å²) < 4.78 is 2.05. The van der Waals surface area contributed by atoms with Gasteiger partial charge in [0.2, 0.25) is 0 Å². The van der Waals surface area contributed by atoms with Crippen molar-refractivity contribution in [2.75, 3.05) is 0 Å². The van der Waals surface area contributed by atoms with Gasteiger partial charge in [-0.2, -0.15) is 0 Å². The first-order chi connectivity index (χ1) is 12.4. The number of aryl methyl sites for hydroxylation is 2. The Morgan fingerprint density at radius 3 is 1.68 bits per heavy atom. The summed E-state index contributed by atoms with van der Waals surface area (Å²) in [6.45, 7) is 5.60. The zero-order valence-electron chi connectivity index (χ0n) is 17.1. The van der Waals surface area contributed by atoms with Crippen LogP contribution in [0.3, 0.4) is 0 Å². The highest BCUT2D eigenvalue weighted by Gasteiger charge is 2.01. The number of unbranched alkanes of at least 4 members (excludes halogenated alkanes) is 14. The Morgan fingerprint density at radius 1 is 0.640 bits per heavy atom. The molecular formula is C22H43N3. The molecule has 0 unspecified atom stereocenters.